The minimum Gasteiger partial charge on any atom is -0.481 e. The summed E-state index contributed by atoms with van der Waals surface area (Å²) in [7, 11) is 3.12. The summed E-state index contributed by atoms with van der Waals surface area (Å²) in [5, 5.41) is 20.3. The van der Waals surface area contributed by atoms with E-state index in [0.717, 1.165) is 0 Å². The van der Waals surface area contributed by atoms with Gasteiger partial charge in [-0.25, -0.2) is 14.3 Å². The first-order chi connectivity index (χ1) is 26.6. The maximum Gasteiger partial charge on any atom is 0.410 e. The molecule has 2 amide bonds. The molecule has 3 N–H and O–H groups in total. The SMILES string of the molecule is COc1nc(-c2cccc(-c3cccc(-c4cc5c(=O)n(C)c(CNCCC(=O)O)nn5c4)c3Cl)c2Cl)ccc1CN(C[C@@H]1CCC(=O)N1)C(=O)OC(C)(C)C. The third kappa shape index (κ3) is 8.99. The first-order valence-electron chi connectivity index (χ1n) is 18.0. The summed E-state index contributed by atoms with van der Waals surface area (Å²) in [5.41, 5.74) is 3.81. The topological polar surface area (TPSA) is 169 Å². The molecule has 1 saturated heterocycles. The van der Waals surface area contributed by atoms with Crippen molar-refractivity contribution < 1.29 is 29.0 Å². The highest BCUT2D eigenvalue weighted by Crippen LogP contribution is 2.42. The third-order valence-corrected chi connectivity index (χ3v) is 10.1. The number of benzene rings is 2. The van der Waals surface area contributed by atoms with E-state index in [-0.39, 0.29) is 50.1 Å². The summed E-state index contributed by atoms with van der Waals surface area (Å²) in [6.07, 6.45) is 2.18. The number of methoxy groups -OCH3 is 1. The van der Waals surface area contributed by atoms with Gasteiger partial charge in [-0.2, -0.15) is 5.10 Å². The van der Waals surface area contributed by atoms with Crippen LogP contribution in [0.4, 0.5) is 4.79 Å². The Bertz CT molecular complexity index is 2370. The molecule has 5 aromatic rings. The number of nitrogens with zero attached hydrogens (tertiary/aromatic N) is 5. The van der Waals surface area contributed by atoms with Crippen molar-refractivity contribution in [2.45, 2.75) is 64.8 Å². The number of hydrogen-bond acceptors (Lipinski definition) is 9. The van der Waals surface area contributed by atoms with Crippen LogP contribution < -0.4 is 20.9 Å². The van der Waals surface area contributed by atoms with Gasteiger partial charge in [0.25, 0.3) is 5.56 Å². The fourth-order valence-corrected chi connectivity index (χ4v) is 7.17. The first kappa shape index (κ1) is 40.2. The van der Waals surface area contributed by atoms with Crippen molar-refractivity contribution >= 4 is 46.7 Å². The zero-order valence-electron chi connectivity index (χ0n) is 31.7. The lowest BCUT2D eigenvalue weighted by Crippen LogP contribution is -2.43. The Morgan fingerprint density at radius 2 is 1.71 bits per heavy atom. The number of aromatic nitrogens is 4. The molecule has 0 spiro atoms. The van der Waals surface area contributed by atoms with Crippen LogP contribution in [0.3, 0.4) is 0 Å². The highest BCUT2D eigenvalue weighted by Gasteiger charge is 2.29. The molecule has 3 aromatic heterocycles. The average molecular weight is 805 g/mol. The van der Waals surface area contributed by atoms with Crippen LogP contribution in [-0.4, -0.2) is 79.0 Å². The molecule has 294 valence electrons. The van der Waals surface area contributed by atoms with Crippen LogP contribution in [0.5, 0.6) is 5.88 Å². The van der Waals surface area contributed by atoms with Gasteiger partial charge in [0.15, 0.2) is 0 Å². The minimum absolute atomic E-state index is 0.0476. The molecule has 16 heteroatoms. The van der Waals surface area contributed by atoms with Gasteiger partial charge in [0.2, 0.25) is 11.8 Å². The number of carbonyl (C=O) groups excluding carboxylic acids is 2. The highest BCUT2D eigenvalue weighted by molar-refractivity contribution is 6.39. The number of rotatable bonds is 13. The Morgan fingerprint density at radius 3 is 2.36 bits per heavy atom. The van der Waals surface area contributed by atoms with E-state index in [0.29, 0.717) is 79.2 Å². The summed E-state index contributed by atoms with van der Waals surface area (Å²) in [6, 6.07) is 16.3. The minimum atomic E-state index is -0.919. The Labute approximate surface area is 333 Å². The maximum absolute atomic E-state index is 13.3. The predicted octanol–water partition coefficient (Wildman–Crippen LogP) is 6.32. The maximum atomic E-state index is 13.3. The second-order valence-electron chi connectivity index (χ2n) is 14.5. The number of amides is 2. The van der Waals surface area contributed by atoms with E-state index in [2.05, 4.69) is 15.7 Å². The third-order valence-electron chi connectivity index (χ3n) is 9.28. The zero-order valence-corrected chi connectivity index (χ0v) is 33.2. The number of nitrogens with one attached hydrogen (secondary N) is 2. The molecule has 2 aromatic carbocycles. The van der Waals surface area contributed by atoms with Crippen LogP contribution in [-0.2, 0) is 34.5 Å². The number of hydrogen-bond donors (Lipinski definition) is 3. The van der Waals surface area contributed by atoms with Crippen LogP contribution in [0.1, 0.15) is 51.4 Å². The molecule has 1 atom stereocenters. The van der Waals surface area contributed by atoms with Crippen molar-refractivity contribution in [2.24, 2.45) is 7.05 Å². The predicted molar refractivity (Wildman–Crippen MR) is 213 cm³/mol. The van der Waals surface area contributed by atoms with Crippen LogP contribution in [0.15, 0.2) is 65.6 Å². The number of halogens is 2. The Balaban J connectivity index is 1.29. The largest absolute Gasteiger partial charge is 0.481 e. The van der Waals surface area contributed by atoms with Crippen LogP contribution >= 0.6 is 23.2 Å². The first-order valence-corrected chi connectivity index (χ1v) is 18.8. The van der Waals surface area contributed by atoms with E-state index in [1.165, 1.54) is 16.2 Å². The van der Waals surface area contributed by atoms with Gasteiger partial charge in [-0.15, -0.1) is 0 Å². The fraction of sp³-hybridized carbons (Fsp3) is 0.350. The number of carbonyl (C=O) groups is 3. The molecule has 14 nitrogen and oxygen atoms in total. The van der Waals surface area contributed by atoms with Crippen molar-refractivity contribution in [3.63, 3.8) is 0 Å². The monoisotopic (exact) mass is 803 g/mol. The van der Waals surface area contributed by atoms with Crippen molar-refractivity contribution in [1.29, 1.82) is 0 Å². The second-order valence-corrected chi connectivity index (χ2v) is 15.3. The van der Waals surface area contributed by atoms with Gasteiger partial charge in [0, 0.05) is 72.2 Å². The summed E-state index contributed by atoms with van der Waals surface area (Å²) in [5.74, 6) is -0.227. The average Bonchev–Trinajstić information content (AvgIpc) is 3.77. The van der Waals surface area contributed by atoms with E-state index in [9.17, 15) is 19.2 Å². The zero-order chi connectivity index (χ0) is 40.3. The fourth-order valence-electron chi connectivity index (χ4n) is 6.50. The van der Waals surface area contributed by atoms with Gasteiger partial charge < -0.3 is 30.1 Å². The molecule has 0 bridgehead atoms. The lowest BCUT2D eigenvalue weighted by atomic mass is 9.97. The molecule has 0 saturated carbocycles. The number of carboxylic acids is 1. The Morgan fingerprint density at radius 1 is 1.04 bits per heavy atom. The number of pyridine rings is 1. The lowest BCUT2D eigenvalue weighted by molar-refractivity contribution is -0.136. The number of fused-ring (bicyclic) bond motifs is 1. The van der Waals surface area contributed by atoms with E-state index in [4.69, 9.17) is 42.8 Å². The normalized spacial score (nSPS) is 14.2. The summed E-state index contributed by atoms with van der Waals surface area (Å²) >= 11 is 14.2. The van der Waals surface area contributed by atoms with Gasteiger partial charge in [0.1, 0.15) is 16.9 Å². The summed E-state index contributed by atoms with van der Waals surface area (Å²) in [6.45, 7) is 6.24. The molecule has 1 fully saturated rings. The number of carboxylic acid groups (broad SMARTS) is 1. The number of ether oxygens (including phenoxy) is 2. The van der Waals surface area contributed by atoms with E-state index >= 15 is 0 Å². The van der Waals surface area contributed by atoms with Crippen molar-refractivity contribution in [3.8, 4) is 39.4 Å². The molecular formula is C40H43Cl2N7O7. The quantitative estimate of drug-likeness (QED) is 0.115. The molecule has 4 heterocycles. The highest BCUT2D eigenvalue weighted by atomic mass is 35.5. The Hall–Kier alpha value is -5.44. The summed E-state index contributed by atoms with van der Waals surface area (Å²) < 4.78 is 14.3. The van der Waals surface area contributed by atoms with E-state index in [1.54, 1.807) is 45.0 Å². The Kier molecular flexibility index (Phi) is 12.0. The molecule has 56 heavy (non-hydrogen) atoms. The van der Waals surface area contributed by atoms with Gasteiger partial charge in [-0.1, -0.05) is 59.6 Å². The van der Waals surface area contributed by atoms with Crippen LogP contribution in [0.25, 0.3) is 39.0 Å². The van der Waals surface area contributed by atoms with Crippen molar-refractivity contribution in [3.05, 3.63) is 92.6 Å². The molecular weight excluding hydrogens is 761 g/mol. The lowest BCUT2D eigenvalue weighted by Gasteiger charge is -2.29. The molecule has 1 aliphatic heterocycles. The number of aliphatic carboxylic acids is 1. The second kappa shape index (κ2) is 16.7. The molecule has 1 aliphatic rings. The van der Waals surface area contributed by atoms with Crippen molar-refractivity contribution in [1.82, 2.24) is 34.7 Å². The van der Waals surface area contributed by atoms with E-state index < -0.39 is 17.7 Å². The smallest absolute Gasteiger partial charge is 0.410 e. The van der Waals surface area contributed by atoms with Crippen LogP contribution in [0, 0.1) is 0 Å². The van der Waals surface area contributed by atoms with Gasteiger partial charge in [-0.3, -0.25) is 19.0 Å². The van der Waals surface area contributed by atoms with Crippen LogP contribution in [0.2, 0.25) is 10.0 Å². The standard InChI is InChI=1S/C40H43Cl2N7O7/c1-40(2,3)56-39(54)48(22-25-13-15-33(50)44-25)20-23-12-14-30(45-37(23)55-5)29-11-7-10-28(36(29)42)27-9-6-8-26(35(27)41)24-18-31-38(53)47(4)32(46-49(31)21-24)19-43-17-16-34(51)52/h6-12,14,18,21,25,43H,13,15-17,19-20,22H2,1-5H3,(H,44,50)(H,51,52)/t25-/m0/s1. The molecule has 0 aliphatic carbocycles. The molecule has 6 rings (SSSR count). The van der Waals surface area contributed by atoms with Crippen molar-refractivity contribution in [2.75, 3.05) is 20.2 Å². The van der Waals surface area contributed by atoms with Gasteiger partial charge >= 0.3 is 12.1 Å². The molecule has 0 unspecified atom stereocenters. The molecule has 0 radical (unpaired) electrons. The van der Waals surface area contributed by atoms with Gasteiger partial charge in [0.05, 0.1) is 42.4 Å². The summed E-state index contributed by atoms with van der Waals surface area (Å²) in [4.78, 5) is 55.7. The van der Waals surface area contributed by atoms with Gasteiger partial charge in [-0.05, 0) is 45.4 Å². The van der Waals surface area contributed by atoms with E-state index in [1.807, 2.05) is 48.5 Å².